The van der Waals surface area contributed by atoms with Crippen LogP contribution < -0.4 is 26.2 Å². The van der Waals surface area contributed by atoms with E-state index in [9.17, 15) is 0 Å². The summed E-state index contributed by atoms with van der Waals surface area (Å²) in [5.41, 5.74) is 20.7. The number of unbranched alkanes of at least 4 members (excludes halogenated alkanes) is 2. The molecule has 9 aromatic carbocycles. The van der Waals surface area contributed by atoms with Gasteiger partial charge in [0.05, 0.1) is 0 Å². The first-order valence-electron chi connectivity index (χ1n) is 25.8. The van der Waals surface area contributed by atoms with Gasteiger partial charge in [0, 0.05) is 74.5 Å². The van der Waals surface area contributed by atoms with Crippen molar-refractivity contribution in [1.29, 1.82) is 0 Å². The lowest BCUT2D eigenvalue weighted by atomic mass is 9.33. The number of thiophene rings is 2. The summed E-state index contributed by atoms with van der Waals surface area (Å²) < 4.78 is 5.42. The minimum atomic E-state index is -0.135. The average Bonchev–Trinajstić information content (AvgIpc) is 3.96. The molecule has 0 saturated carbocycles. The fraction of sp³-hybridized carbons (Fsp3) is 0.182. The Morgan fingerprint density at radius 2 is 0.831 bits per heavy atom. The van der Waals surface area contributed by atoms with Crippen molar-refractivity contribution in [3.63, 3.8) is 0 Å². The number of nitrogens with zero attached hydrogens (tertiary/aromatic N) is 2. The van der Waals surface area contributed by atoms with E-state index in [0.29, 0.717) is 0 Å². The molecule has 0 saturated heterocycles. The molecule has 0 fully saturated rings. The van der Waals surface area contributed by atoms with Crippen LogP contribution in [0.2, 0.25) is 0 Å². The first kappa shape index (κ1) is 44.1. The molecule has 0 aliphatic carbocycles. The van der Waals surface area contributed by atoms with Gasteiger partial charge in [-0.25, -0.2) is 0 Å². The molecule has 0 amide bonds. The first-order valence-corrected chi connectivity index (χ1v) is 27.4. The third kappa shape index (κ3) is 7.34. The van der Waals surface area contributed by atoms with Crippen LogP contribution in [0.4, 0.5) is 34.1 Å². The zero-order valence-corrected chi connectivity index (χ0v) is 43.0. The maximum atomic E-state index is 2.71. The second kappa shape index (κ2) is 17.4. The summed E-state index contributed by atoms with van der Waals surface area (Å²) in [5.74, 6) is 0. The van der Waals surface area contributed by atoms with Crippen molar-refractivity contribution in [2.24, 2.45) is 0 Å². The molecule has 346 valence electrons. The van der Waals surface area contributed by atoms with Crippen LogP contribution in [0.1, 0.15) is 77.0 Å². The van der Waals surface area contributed by atoms with Crippen molar-refractivity contribution in [1.82, 2.24) is 0 Å². The second-order valence-corrected chi connectivity index (χ2v) is 23.1. The smallest absolute Gasteiger partial charge is 0.252 e. The van der Waals surface area contributed by atoms with Crippen LogP contribution in [-0.2, 0) is 18.3 Å². The number of fused-ring (bicyclic) bond motifs is 10. The first-order chi connectivity index (χ1) is 34.7. The fourth-order valence-corrected chi connectivity index (χ4v) is 14.0. The van der Waals surface area contributed by atoms with E-state index in [1.165, 1.54) is 130 Å². The highest BCUT2D eigenvalue weighted by Crippen LogP contribution is 2.51. The molecule has 0 radical (unpaired) electrons. The van der Waals surface area contributed by atoms with Crippen molar-refractivity contribution >= 4 is 120 Å². The molecule has 0 atom stereocenters. The molecule has 0 unspecified atom stereocenters. The zero-order valence-electron chi connectivity index (χ0n) is 41.4. The molecule has 0 spiro atoms. The van der Waals surface area contributed by atoms with Gasteiger partial charge < -0.3 is 9.80 Å². The van der Waals surface area contributed by atoms with Crippen molar-refractivity contribution in [3.8, 4) is 22.3 Å². The molecule has 2 aliphatic heterocycles. The van der Waals surface area contributed by atoms with Crippen LogP contribution in [0.15, 0.2) is 182 Å². The Morgan fingerprint density at radius 1 is 0.394 bits per heavy atom. The summed E-state index contributed by atoms with van der Waals surface area (Å²) in [6.45, 7) is 11.8. The van der Waals surface area contributed by atoms with E-state index in [4.69, 9.17) is 0 Å². The quantitative estimate of drug-likeness (QED) is 0.126. The molecule has 2 aliphatic rings. The Kier molecular flexibility index (Phi) is 10.8. The number of hydrogen-bond acceptors (Lipinski definition) is 4. The van der Waals surface area contributed by atoms with Crippen molar-refractivity contribution in [3.05, 3.63) is 199 Å². The van der Waals surface area contributed by atoms with E-state index in [2.05, 4.69) is 226 Å². The van der Waals surface area contributed by atoms with Gasteiger partial charge in [-0.2, -0.15) is 0 Å². The molecular formula is C66H57BN2S2. The van der Waals surface area contributed by atoms with Gasteiger partial charge in [0.2, 0.25) is 0 Å². The van der Waals surface area contributed by atoms with Crippen LogP contribution in [0.3, 0.4) is 0 Å². The molecule has 0 bridgehead atoms. The molecule has 11 aromatic rings. The highest BCUT2D eigenvalue weighted by atomic mass is 32.1. The van der Waals surface area contributed by atoms with Crippen LogP contribution in [0.25, 0.3) is 62.6 Å². The molecule has 5 heteroatoms. The molecular weight excluding hydrogens is 896 g/mol. The molecule has 71 heavy (non-hydrogen) atoms. The minimum Gasteiger partial charge on any atom is -0.311 e. The SMILES string of the molecule is CCCCc1cc2sc3ccccc3c2cc1N1c2ccc(-c3ccccc3)cc2B2c3cc(-c4ccccc4)ccc3N(c3cc4c(cc3CCCC)sc3ccccc34)c3cc(C(C)(C)C)cc1c32. The monoisotopic (exact) mass is 952 g/mol. The van der Waals surface area contributed by atoms with Gasteiger partial charge in [-0.15, -0.1) is 22.7 Å². The van der Waals surface area contributed by atoms with Gasteiger partial charge in [0.1, 0.15) is 0 Å². The van der Waals surface area contributed by atoms with Gasteiger partial charge in [-0.05, 0) is 147 Å². The Bertz CT molecular complexity index is 3620. The van der Waals surface area contributed by atoms with Crippen molar-refractivity contribution in [2.75, 3.05) is 9.80 Å². The third-order valence-electron chi connectivity index (χ3n) is 15.4. The lowest BCUT2D eigenvalue weighted by molar-refractivity contribution is 0.590. The summed E-state index contributed by atoms with van der Waals surface area (Å²) in [5, 5.41) is 5.34. The average molecular weight is 953 g/mol. The van der Waals surface area contributed by atoms with Crippen LogP contribution in [0.5, 0.6) is 0 Å². The summed E-state index contributed by atoms with van der Waals surface area (Å²) in [4.78, 5) is 5.42. The Hall–Kier alpha value is -6.92. The third-order valence-corrected chi connectivity index (χ3v) is 17.7. The number of anilines is 6. The largest absolute Gasteiger partial charge is 0.311 e. The van der Waals surface area contributed by atoms with E-state index in [1.807, 2.05) is 22.7 Å². The molecule has 13 rings (SSSR count). The molecule has 0 N–H and O–H groups in total. The highest BCUT2D eigenvalue weighted by Gasteiger charge is 2.45. The number of hydrogen-bond donors (Lipinski definition) is 0. The highest BCUT2D eigenvalue weighted by molar-refractivity contribution is 7.26. The van der Waals surface area contributed by atoms with Crippen LogP contribution >= 0.6 is 22.7 Å². The van der Waals surface area contributed by atoms with Crippen LogP contribution in [0, 0.1) is 0 Å². The maximum absolute atomic E-state index is 2.71. The Balaban J connectivity index is 1.18. The second-order valence-electron chi connectivity index (χ2n) is 20.9. The summed E-state index contributed by atoms with van der Waals surface area (Å²) in [6, 6.07) is 70.1. The van der Waals surface area contributed by atoms with Crippen molar-refractivity contribution in [2.45, 2.75) is 78.6 Å². The van der Waals surface area contributed by atoms with Gasteiger partial charge >= 0.3 is 0 Å². The van der Waals surface area contributed by atoms with E-state index >= 15 is 0 Å². The minimum absolute atomic E-state index is 0.0338. The lowest BCUT2D eigenvalue weighted by Crippen LogP contribution is -2.61. The predicted molar refractivity (Wildman–Crippen MR) is 313 cm³/mol. The van der Waals surface area contributed by atoms with Gasteiger partial charge in [0.15, 0.2) is 0 Å². The van der Waals surface area contributed by atoms with Crippen molar-refractivity contribution < 1.29 is 0 Å². The Morgan fingerprint density at radius 3 is 1.27 bits per heavy atom. The number of benzene rings is 9. The predicted octanol–water partition coefficient (Wildman–Crippen LogP) is 17.8. The van der Waals surface area contributed by atoms with Gasteiger partial charge in [-0.1, -0.05) is 169 Å². The molecule has 2 nitrogen and oxygen atoms in total. The number of rotatable bonds is 10. The van der Waals surface area contributed by atoms with E-state index in [1.54, 1.807) is 0 Å². The van der Waals surface area contributed by atoms with E-state index < -0.39 is 0 Å². The standard InChI is InChI=1S/C66H57BN2S2/c1-6-8-20-46-36-63-51(49-26-16-18-28-61(49)70-63)40-57(46)68-55-32-30-44(42-22-12-10-13-23-42)34-53(55)67-54-35-45(43-24-14-11-15-25-43)31-33-56(54)69(60-39-48(66(3,4)5)38-59(68)65(60)67)58-41-52-50-27-17-19-29-62(50)71-64(52)37-47(58)21-9-7-2/h10-19,22-41H,6-9,20-21H2,1-5H3. The van der Waals surface area contributed by atoms with Crippen LogP contribution in [-0.4, -0.2) is 6.71 Å². The number of aryl methyl sites for hydroxylation is 2. The summed E-state index contributed by atoms with van der Waals surface area (Å²) in [7, 11) is 0. The molecule has 2 aromatic heterocycles. The fourth-order valence-electron chi connectivity index (χ4n) is 11.7. The summed E-state index contributed by atoms with van der Waals surface area (Å²) >= 11 is 3.86. The van der Waals surface area contributed by atoms with Gasteiger partial charge in [0.25, 0.3) is 6.71 Å². The maximum Gasteiger partial charge on any atom is 0.252 e. The Labute approximate surface area is 426 Å². The summed E-state index contributed by atoms with van der Waals surface area (Å²) in [6.07, 6.45) is 6.56. The lowest BCUT2D eigenvalue weighted by Gasteiger charge is -2.46. The normalized spacial score (nSPS) is 13.1. The van der Waals surface area contributed by atoms with E-state index in [0.717, 1.165) is 38.5 Å². The molecule has 4 heterocycles. The van der Waals surface area contributed by atoms with Gasteiger partial charge in [-0.3, -0.25) is 0 Å². The van der Waals surface area contributed by atoms with E-state index in [-0.39, 0.29) is 12.1 Å². The zero-order chi connectivity index (χ0) is 48.0. The topological polar surface area (TPSA) is 6.48 Å².